The fourth-order valence-electron chi connectivity index (χ4n) is 1.95. The molecule has 2 aromatic rings. The molecular weight excluding hydrogens is 296 g/mol. The highest BCUT2D eigenvalue weighted by atomic mass is 32.2. The van der Waals surface area contributed by atoms with E-state index in [-0.39, 0.29) is 4.90 Å². The maximum absolute atomic E-state index is 12.2. The molecule has 0 aliphatic carbocycles. The van der Waals surface area contributed by atoms with Crippen LogP contribution in [-0.4, -0.2) is 30.1 Å². The van der Waals surface area contributed by atoms with Crippen molar-refractivity contribution in [3.8, 4) is 0 Å². The fraction of sp³-hybridized carbons (Fsp3) is 0.500. The van der Waals surface area contributed by atoms with Gasteiger partial charge in [-0.2, -0.15) is 5.10 Å². The van der Waals surface area contributed by atoms with Crippen molar-refractivity contribution in [3.63, 3.8) is 0 Å². The van der Waals surface area contributed by atoms with Crippen LogP contribution in [0.25, 0.3) is 0 Å². The Hall–Kier alpha value is -1.25. The van der Waals surface area contributed by atoms with Gasteiger partial charge in [0.25, 0.3) is 0 Å². The number of sulfonamides is 1. The van der Waals surface area contributed by atoms with Gasteiger partial charge in [0.15, 0.2) is 0 Å². The molecule has 2 rings (SSSR count). The van der Waals surface area contributed by atoms with Crippen molar-refractivity contribution >= 4 is 21.4 Å². The van der Waals surface area contributed by atoms with Gasteiger partial charge in [0, 0.05) is 17.8 Å². The van der Waals surface area contributed by atoms with Gasteiger partial charge in [0.05, 0.1) is 22.1 Å². The van der Waals surface area contributed by atoms with Crippen LogP contribution in [0.1, 0.15) is 27.0 Å². The lowest BCUT2D eigenvalue weighted by molar-refractivity contribution is 0.580. The quantitative estimate of drug-likeness (QED) is 0.878. The summed E-state index contributed by atoms with van der Waals surface area (Å²) in [6.45, 7) is 7.67. The van der Waals surface area contributed by atoms with Crippen LogP contribution in [0.5, 0.6) is 0 Å². The lowest BCUT2D eigenvalue weighted by atomic mass is 10.4. The number of aryl methyl sites for hydroxylation is 4. The van der Waals surface area contributed by atoms with Gasteiger partial charge < -0.3 is 0 Å². The Morgan fingerprint density at radius 2 is 1.90 bits per heavy atom. The number of rotatable bonds is 5. The summed E-state index contributed by atoms with van der Waals surface area (Å²) < 4.78 is 27.0. The Bertz CT molecular complexity index is 677. The van der Waals surface area contributed by atoms with Crippen molar-refractivity contribution in [2.24, 2.45) is 0 Å². The van der Waals surface area contributed by atoms with E-state index in [1.807, 2.05) is 13.8 Å². The van der Waals surface area contributed by atoms with Crippen LogP contribution >= 0.6 is 11.3 Å². The summed E-state index contributed by atoms with van der Waals surface area (Å²) in [6, 6.07) is 0. The summed E-state index contributed by atoms with van der Waals surface area (Å²) in [5.41, 5.74) is 2.04. The molecule has 0 saturated carbocycles. The van der Waals surface area contributed by atoms with Gasteiger partial charge in [-0.3, -0.25) is 5.10 Å². The lowest BCUT2D eigenvalue weighted by Crippen LogP contribution is -2.26. The number of aromatic nitrogens is 3. The number of H-pyrrole nitrogens is 1. The molecule has 0 fully saturated rings. The van der Waals surface area contributed by atoms with Crippen molar-refractivity contribution in [3.05, 3.63) is 27.0 Å². The van der Waals surface area contributed by atoms with Crippen LogP contribution in [0.15, 0.2) is 4.90 Å². The highest BCUT2D eigenvalue weighted by Gasteiger charge is 2.21. The van der Waals surface area contributed by atoms with Crippen LogP contribution in [-0.2, 0) is 16.4 Å². The number of nitrogens with one attached hydrogen (secondary N) is 2. The zero-order valence-electron chi connectivity index (χ0n) is 11.9. The number of nitrogens with zero attached hydrogens (tertiary/aromatic N) is 2. The summed E-state index contributed by atoms with van der Waals surface area (Å²) >= 11 is 1.60. The summed E-state index contributed by atoms with van der Waals surface area (Å²) in [7, 11) is -3.52. The molecule has 2 N–H and O–H groups in total. The summed E-state index contributed by atoms with van der Waals surface area (Å²) in [5.74, 6) is 0. The lowest BCUT2D eigenvalue weighted by Gasteiger charge is -2.05. The molecule has 2 heterocycles. The molecule has 0 aliphatic rings. The molecule has 110 valence electrons. The average Bonchev–Trinajstić information content (AvgIpc) is 2.83. The molecule has 6 nitrogen and oxygen atoms in total. The van der Waals surface area contributed by atoms with Crippen molar-refractivity contribution in [1.82, 2.24) is 19.9 Å². The Kier molecular flexibility index (Phi) is 4.26. The molecule has 2 aromatic heterocycles. The van der Waals surface area contributed by atoms with E-state index in [1.165, 1.54) is 4.88 Å². The summed E-state index contributed by atoms with van der Waals surface area (Å²) in [6.07, 6.45) is 0.592. The molecular formula is C12H18N4O2S2. The molecule has 0 amide bonds. The van der Waals surface area contributed by atoms with E-state index in [1.54, 1.807) is 25.2 Å². The SMILES string of the molecule is Cc1nc(CCNS(=O)(=O)c2c(C)n[nH]c2C)sc1C. The first-order valence-corrected chi connectivity index (χ1v) is 8.55. The van der Waals surface area contributed by atoms with Gasteiger partial charge in [-0.1, -0.05) is 0 Å². The van der Waals surface area contributed by atoms with Gasteiger partial charge >= 0.3 is 0 Å². The highest BCUT2D eigenvalue weighted by Crippen LogP contribution is 2.18. The second kappa shape index (κ2) is 5.63. The topological polar surface area (TPSA) is 87.7 Å². The third-order valence-corrected chi connectivity index (χ3v) is 5.89. The Morgan fingerprint density at radius 1 is 1.20 bits per heavy atom. The Morgan fingerprint density at radius 3 is 2.40 bits per heavy atom. The molecule has 0 saturated heterocycles. The second-order valence-electron chi connectivity index (χ2n) is 4.66. The summed E-state index contributed by atoms with van der Waals surface area (Å²) in [5, 5.41) is 7.54. The zero-order chi connectivity index (χ0) is 14.9. The van der Waals surface area contributed by atoms with E-state index in [9.17, 15) is 8.42 Å². The van der Waals surface area contributed by atoms with Gasteiger partial charge in [0.2, 0.25) is 10.0 Å². The van der Waals surface area contributed by atoms with E-state index in [0.29, 0.717) is 24.4 Å². The maximum Gasteiger partial charge on any atom is 0.244 e. The third kappa shape index (κ3) is 3.08. The predicted molar refractivity (Wildman–Crippen MR) is 78.5 cm³/mol. The van der Waals surface area contributed by atoms with Crippen molar-refractivity contribution in [2.45, 2.75) is 39.0 Å². The zero-order valence-corrected chi connectivity index (χ0v) is 13.6. The van der Waals surface area contributed by atoms with E-state index < -0.39 is 10.0 Å². The Balaban J connectivity index is 2.03. The average molecular weight is 314 g/mol. The van der Waals surface area contributed by atoms with Gasteiger partial charge in [-0.25, -0.2) is 18.1 Å². The van der Waals surface area contributed by atoms with Crippen LogP contribution in [0.3, 0.4) is 0 Å². The van der Waals surface area contributed by atoms with Gasteiger partial charge in [-0.05, 0) is 27.7 Å². The van der Waals surface area contributed by atoms with Gasteiger partial charge in [0.1, 0.15) is 4.90 Å². The normalized spacial score (nSPS) is 12.0. The van der Waals surface area contributed by atoms with Crippen LogP contribution < -0.4 is 4.72 Å². The largest absolute Gasteiger partial charge is 0.281 e. The molecule has 0 bridgehead atoms. The highest BCUT2D eigenvalue weighted by molar-refractivity contribution is 7.89. The first kappa shape index (κ1) is 15.1. The molecule has 20 heavy (non-hydrogen) atoms. The fourth-order valence-corrected chi connectivity index (χ4v) is 4.28. The van der Waals surface area contributed by atoms with Gasteiger partial charge in [-0.15, -0.1) is 11.3 Å². The van der Waals surface area contributed by atoms with Crippen LogP contribution in [0.2, 0.25) is 0 Å². The first-order valence-electron chi connectivity index (χ1n) is 6.25. The monoisotopic (exact) mass is 314 g/mol. The maximum atomic E-state index is 12.2. The van der Waals surface area contributed by atoms with Crippen molar-refractivity contribution in [2.75, 3.05) is 6.54 Å². The molecule has 0 atom stereocenters. The van der Waals surface area contributed by atoms with E-state index in [0.717, 1.165) is 10.7 Å². The van der Waals surface area contributed by atoms with Crippen LogP contribution in [0.4, 0.5) is 0 Å². The standard InChI is InChI=1S/C12H18N4O2S2/c1-7-10(4)19-11(14-7)5-6-13-20(17,18)12-8(2)15-16-9(12)3/h13H,5-6H2,1-4H3,(H,15,16). The molecule has 0 spiro atoms. The van der Waals surface area contributed by atoms with Crippen LogP contribution in [0, 0.1) is 27.7 Å². The van der Waals surface area contributed by atoms with E-state index in [4.69, 9.17) is 0 Å². The summed E-state index contributed by atoms with van der Waals surface area (Å²) in [4.78, 5) is 5.80. The molecule has 0 radical (unpaired) electrons. The molecule has 0 aromatic carbocycles. The molecule has 0 unspecified atom stereocenters. The predicted octanol–water partition coefficient (Wildman–Crippen LogP) is 1.62. The molecule has 0 aliphatic heterocycles. The Labute approximate surface area is 122 Å². The molecule has 8 heteroatoms. The number of aromatic amines is 1. The second-order valence-corrected chi connectivity index (χ2v) is 7.65. The first-order chi connectivity index (χ1) is 9.31. The number of thiazole rings is 1. The number of hydrogen-bond acceptors (Lipinski definition) is 5. The minimum absolute atomic E-state index is 0.240. The van der Waals surface area contributed by atoms with Crippen molar-refractivity contribution < 1.29 is 8.42 Å². The van der Waals surface area contributed by atoms with E-state index in [2.05, 4.69) is 19.9 Å². The minimum Gasteiger partial charge on any atom is -0.281 e. The smallest absolute Gasteiger partial charge is 0.244 e. The van der Waals surface area contributed by atoms with Crippen molar-refractivity contribution in [1.29, 1.82) is 0 Å². The number of hydrogen-bond donors (Lipinski definition) is 2. The minimum atomic E-state index is -3.52. The third-order valence-electron chi connectivity index (χ3n) is 3.03. The van der Waals surface area contributed by atoms with E-state index >= 15 is 0 Å².